The van der Waals surface area contributed by atoms with Gasteiger partial charge in [-0.2, -0.15) is 26.3 Å². The molecule has 0 atom stereocenters. The van der Waals surface area contributed by atoms with E-state index in [9.17, 15) is 31.1 Å². The van der Waals surface area contributed by atoms with Gasteiger partial charge >= 0.3 is 12.4 Å². The van der Waals surface area contributed by atoms with Crippen molar-refractivity contribution in [1.82, 2.24) is 0 Å². The van der Waals surface area contributed by atoms with E-state index < -0.39 is 35.1 Å². The second kappa shape index (κ2) is 6.42. The van der Waals surface area contributed by atoms with Gasteiger partial charge in [-0.25, -0.2) is 0 Å². The van der Waals surface area contributed by atoms with E-state index in [-0.39, 0.29) is 11.6 Å². The minimum Gasteiger partial charge on any atom is -0.322 e. The molecule has 0 heterocycles. The summed E-state index contributed by atoms with van der Waals surface area (Å²) in [7, 11) is 0. The summed E-state index contributed by atoms with van der Waals surface area (Å²) in [6.07, 6.45) is -9.94. The molecule has 1 N–H and O–H groups in total. The van der Waals surface area contributed by atoms with Crippen molar-refractivity contribution in [2.24, 2.45) is 0 Å². The largest absolute Gasteiger partial charge is 0.416 e. The minimum atomic E-state index is -4.97. The molecule has 0 aliphatic rings. The zero-order valence-corrected chi connectivity index (χ0v) is 13.1. The summed E-state index contributed by atoms with van der Waals surface area (Å²) >= 11 is 0. The maximum atomic E-state index is 12.8. The number of amides is 1. The van der Waals surface area contributed by atoms with Crippen LogP contribution in [-0.2, 0) is 12.4 Å². The van der Waals surface area contributed by atoms with Crippen molar-refractivity contribution < 1.29 is 31.1 Å². The van der Waals surface area contributed by atoms with Crippen LogP contribution in [0, 0.1) is 13.8 Å². The van der Waals surface area contributed by atoms with E-state index in [0.29, 0.717) is 12.1 Å². The number of alkyl halides is 6. The Labute approximate surface area is 139 Å². The Hall–Kier alpha value is -2.51. The van der Waals surface area contributed by atoms with Gasteiger partial charge < -0.3 is 5.32 Å². The molecule has 2 aromatic rings. The molecule has 2 rings (SSSR count). The SMILES string of the molecule is Cc1ccc(C(=O)Nc2cc(C(F)(F)F)cc(C(F)(F)F)c2)cc1C. The van der Waals surface area contributed by atoms with Gasteiger partial charge in [0.15, 0.2) is 0 Å². The lowest BCUT2D eigenvalue weighted by Crippen LogP contribution is -2.16. The molecule has 1 amide bonds. The lowest BCUT2D eigenvalue weighted by molar-refractivity contribution is -0.143. The summed E-state index contributed by atoms with van der Waals surface area (Å²) in [5.74, 6) is -0.796. The number of hydrogen-bond acceptors (Lipinski definition) is 1. The number of benzene rings is 2. The molecule has 0 bridgehead atoms. The number of aryl methyl sites for hydroxylation is 2. The van der Waals surface area contributed by atoms with E-state index >= 15 is 0 Å². The first kappa shape index (κ1) is 18.8. The van der Waals surface area contributed by atoms with Crippen molar-refractivity contribution in [3.63, 3.8) is 0 Å². The molecule has 0 aliphatic carbocycles. The Morgan fingerprint density at radius 3 is 1.76 bits per heavy atom. The fourth-order valence-electron chi connectivity index (χ4n) is 2.11. The van der Waals surface area contributed by atoms with Crippen molar-refractivity contribution >= 4 is 11.6 Å². The third-order valence-electron chi connectivity index (χ3n) is 3.61. The number of anilines is 1. The number of rotatable bonds is 2. The quantitative estimate of drug-likeness (QED) is 0.694. The molecule has 25 heavy (non-hydrogen) atoms. The molecular weight excluding hydrogens is 348 g/mol. The van der Waals surface area contributed by atoms with E-state index in [1.165, 1.54) is 12.1 Å². The average molecular weight is 361 g/mol. The van der Waals surface area contributed by atoms with E-state index in [4.69, 9.17) is 0 Å². The lowest BCUT2D eigenvalue weighted by atomic mass is 10.1. The molecule has 0 saturated carbocycles. The van der Waals surface area contributed by atoms with Crippen molar-refractivity contribution in [3.05, 3.63) is 64.2 Å². The third-order valence-corrected chi connectivity index (χ3v) is 3.61. The van der Waals surface area contributed by atoms with E-state index in [1.54, 1.807) is 19.9 Å². The van der Waals surface area contributed by atoms with Gasteiger partial charge in [-0.1, -0.05) is 6.07 Å². The fourth-order valence-corrected chi connectivity index (χ4v) is 2.11. The van der Waals surface area contributed by atoms with Gasteiger partial charge in [0.25, 0.3) is 5.91 Å². The summed E-state index contributed by atoms with van der Waals surface area (Å²) in [6, 6.07) is 5.52. The van der Waals surface area contributed by atoms with Gasteiger partial charge in [0, 0.05) is 11.3 Å². The van der Waals surface area contributed by atoms with Gasteiger partial charge in [-0.15, -0.1) is 0 Å². The van der Waals surface area contributed by atoms with Gasteiger partial charge in [-0.3, -0.25) is 4.79 Å². The minimum absolute atomic E-state index is 0.00564. The molecule has 2 aromatic carbocycles. The molecular formula is C17H13F6NO. The normalized spacial score (nSPS) is 12.2. The second-order valence-electron chi connectivity index (χ2n) is 5.55. The van der Waals surface area contributed by atoms with Crippen LogP contribution >= 0.6 is 0 Å². The molecule has 0 spiro atoms. The standard InChI is InChI=1S/C17H13F6NO/c1-9-3-4-11(5-10(9)2)15(25)24-14-7-12(16(18,19)20)6-13(8-14)17(21,22)23/h3-8H,1-2H3,(H,24,25). The second-order valence-corrected chi connectivity index (χ2v) is 5.55. The number of carbonyl (C=O) groups excluding carboxylic acids is 1. The van der Waals surface area contributed by atoms with Gasteiger partial charge in [0.1, 0.15) is 0 Å². The van der Waals surface area contributed by atoms with Crippen LogP contribution in [0.15, 0.2) is 36.4 Å². The van der Waals surface area contributed by atoms with Crippen LogP contribution in [0.1, 0.15) is 32.6 Å². The van der Waals surface area contributed by atoms with Crippen LogP contribution in [0.4, 0.5) is 32.0 Å². The first-order chi connectivity index (χ1) is 11.4. The highest BCUT2D eigenvalue weighted by Crippen LogP contribution is 2.37. The van der Waals surface area contributed by atoms with Crippen molar-refractivity contribution in [3.8, 4) is 0 Å². The molecule has 0 aromatic heterocycles. The number of nitrogens with one attached hydrogen (secondary N) is 1. The Kier molecular flexibility index (Phi) is 4.83. The smallest absolute Gasteiger partial charge is 0.322 e. The van der Waals surface area contributed by atoms with Gasteiger partial charge in [0.2, 0.25) is 0 Å². The molecule has 0 aliphatic heterocycles. The summed E-state index contributed by atoms with van der Waals surface area (Å²) in [5.41, 5.74) is -1.75. The number of halogens is 6. The highest BCUT2D eigenvalue weighted by molar-refractivity contribution is 6.04. The van der Waals surface area contributed by atoms with Crippen molar-refractivity contribution in [2.75, 3.05) is 5.32 Å². The molecule has 8 heteroatoms. The first-order valence-electron chi connectivity index (χ1n) is 7.06. The van der Waals surface area contributed by atoms with E-state index in [2.05, 4.69) is 5.32 Å². The molecule has 0 fully saturated rings. The monoisotopic (exact) mass is 361 g/mol. The fraction of sp³-hybridized carbons (Fsp3) is 0.235. The van der Waals surface area contributed by atoms with Crippen LogP contribution in [0.5, 0.6) is 0 Å². The maximum absolute atomic E-state index is 12.8. The third kappa shape index (κ3) is 4.52. The van der Waals surface area contributed by atoms with Crippen LogP contribution in [0.25, 0.3) is 0 Å². The Balaban J connectivity index is 2.41. The summed E-state index contributed by atoms with van der Waals surface area (Å²) in [6.45, 7) is 3.54. The Morgan fingerprint density at radius 2 is 1.32 bits per heavy atom. The first-order valence-corrected chi connectivity index (χ1v) is 7.06. The molecule has 2 nitrogen and oxygen atoms in total. The Bertz CT molecular complexity index is 776. The number of hydrogen-bond donors (Lipinski definition) is 1. The van der Waals surface area contributed by atoms with Crippen molar-refractivity contribution in [1.29, 1.82) is 0 Å². The summed E-state index contributed by atoms with van der Waals surface area (Å²) in [5, 5.41) is 2.09. The van der Waals surface area contributed by atoms with E-state index in [1.807, 2.05) is 0 Å². The summed E-state index contributed by atoms with van der Waals surface area (Å²) < 4.78 is 76.9. The Morgan fingerprint density at radius 1 is 0.800 bits per heavy atom. The van der Waals surface area contributed by atoms with Gasteiger partial charge in [-0.05, 0) is 55.3 Å². The topological polar surface area (TPSA) is 29.1 Å². The van der Waals surface area contributed by atoms with Crippen molar-refractivity contribution in [2.45, 2.75) is 26.2 Å². The predicted octanol–water partition coefficient (Wildman–Crippen LogP) is 5.59. The van der Waals surface area contributed by atoms with Crippen LogP contribution in [0.2, 0.25) is 0 Å². The molecule has 0 saturated heterocycles. The molecule has 0 unspecified atom stereocenters. The molecule has 134 valence electrons. The highest BCUT2D eigenvalue weighted by atomic mass is 19.4. The highest BCUT2D eigenvalue weighted by Gasteiger charge is 2.37. The molecule has 0 radical (unpaired) electrons. The van der Waals surface area contributed by atoms with Crippen LogP contribution in [-0.4, -0.2) is 5.91 Å². The van der Waals surface area contributed by atoms with Crippen LogP contribution < -0.4 is 5.32 Å². The van der Waals surface area contributed by atoms with E-state index in [0.717, 1.165) is 11.1 Å². The maximum Gasteiger partial charge on any atom is 0.416 e. The lowest BCUT2D eigenvalue weighted by Gasteiger charge is -2.15. The predicted molar refractivity (Wildman–Crippen MR) is 80.3 cm³/mol. The zero-order valence-electron chi connectivity index (χ0n) is 13.1. The van der Waals surface area contributed by atoms with Crippen LogP contribution in [0.3, 0.4) is 0 Å². The average Bonchev–Trinajstić information content (AvgIpc) is 2.48. The zero-order chi connectivity index (χ0) is 19.0. The summed E-state index contributed by atoms with van der Waals surface area (Å²) in [4.78, 5) is 12.1. The van der Waals surface area contributed by atoms with Gasteiger partial charge in [0.05, 0.1) is 11.1 Å². The number of carbonyl (C=O) groups is 1.